The third-order valence-corrected chi connectivity index (χ3v) is 9.74. The number of hydrogen-bond acceptors (Lipinski definition) is 11. The second-order valence-corrected chi connectivity index (χ2v) is 13.0. The van der Waals surface area contributed by atoms with Crippen molar-refractivity contribution in [1.82, 2.24) is 4.57 Å². The van der Waals surface area contributed by atoms with Crippen LogP contribution in [0.3, 0.4) is 0 Å². The molecule has 40 heavy (non-hydrogen) atoms. The Balaban J connectivity index is 1.52. The molecule has 4 rings (SSSR count). The molecule has 0 atom stereocenters. The lowest BCUT2D eigenvalue weighted by molar-refractivity contribution is -0.115. The van der Waals surface area contributed by atoms with Gasteiger partial charge in [0.05, 0.1) is 42.2 Å². The van der Waals surface area contributed by atoms with Crippen LogP contribution in [0.1, 0.15) is 37.6 Å². The number of nitrogens with one attached hydrogen (secondary N) is 1. The fraction of sp³-hybridized carbons (Fsp3) is 0.400. The van der Waals surface area contributed by atoms with Crippen LogP contribution in [0.25, 0.3) is 10.2 Å². The summed E-state index contributed by atoms with van der Waals surface area (Å²) in [5.74, 6) is -4.90. The van der Waals surface area contributed by atoms with Crippen LogP contribution in [0.4, 0.5) is 5.00 Å². The first-order valence-electron chi connectivity index (χ1n) is 12.1. The van der Waals surface area contributed by atoms with E-state index in [-0.39, 0.29) is 15.4 Å². The Labute approximate surface area is 237 Å². The van der Waals surface area contributed by atoms with Gasteiger partial charge in [-0.1, -0.05) is 11.3 Å². The number of ether oxygens (including phenoxy) is 3. The Kier molecular flexibility index (Phi) is 9.18. The lowest BCUT2D eigenvalue weighted by Gasteiger charge is -2.07. The van der Waals surface area contributed by atoms with Gasteiger partial charge in [0, 0.05) is 18.5 Å². The topological polar surface area (TPSA) is 159 Å². The van der Waals surface area contributed by atoms with Crippen molar-refractivity contribution in [2.45, 2.75) is 25.8 Å². The van der Waals surface area contributed by atoms with Crippen molar-refractivity contribution in [3.63, 3.8) is 0 Å². The average molecular weight is 610 g/mol. The van der Waals surface area contributed by atoms with Gasteiger partial charge in [-0.3, -0.25) is 9.59 Å². The van der Waals surface area contributed by atoms with E-state index in [1.54, 1.807) is 22.8 Å². The third kappa shape index (κ3) is 6.49. The zero-order valence-corrected chi connectivity index (χ0v) is 24.4. The molecule has 0 radical (unpaired) electrons. The van der Waals surface area contributed by atoms with E-state index in [1.165, 1.54) is 32.7 Å². The molecule has 2 amide bonds. The number of carbonyl (C=O) groups is 4. The third-order valence-electron chi connectivity index (χ3n) is 6.10. The van der Waals surface area contributed by atoms with Crippen molar-refractivity contribution in [3.05, 3.63) is 44.6 Å². The van der Waals surface area contributed by atoms with Crippen LogP contribution in [0.2, 0.25) is 0 Å². The Morgan fingerprint density at radius 3 is 2.48 bits per heavy atom. The van der Waals surface area contributed by atoms with Crippen LogP contribution in [0, 0.1) is 0 Å². The summed E-state index contributed by atoms with van der Waals surface area (Å²) in [6, 6.07) is 4.86. The molecule has 1 aliphatic rings. The largest absolute Gasteiger partial charge is 0.465 e. The smallest absolute Gasteiger partial charge is 0.341 e. The molecule has 214 valence electrons. The molecule has 0 bridgehead atoms. The molecule has 0 saturated carbocycles. The van der Waals surface area contributed by atoms with E-state index in [4.69, 9.17) is 14.2 Å². The van der Waals surface area contributed by atoms with Crippen molar-refractivity contribution >= 4 is 71.5 Å². The number of fused-ring (bicyclic) bond motifs is 2. The molecule has 0 fully saturated rings. The quantitative estimate of drug-likeness (QED) is 0.339. The van der Waals surface area contributed by atoms with Gasteiger partial charge in [-0.05, 0) is 43.0 Å². The van der Waals surface area contributed by atoms with Gasteiger partial charge in [-0.25, -0.2) is 18.0 Å². The predicted molar refractivity (Wildman–Crippen MR) is 149 cm³/mol. The van der Waals surface area contributed by atoms with Gasteiger partial charge in [-0.2, -0.15) is 4.99 Å². The molecule has 15 heteroatoms. The average Bonchev–Trinajstić information content (AvgIpc) is 3.57. The number of sulfone groups is 1. The lowest BCUT2D eigenvalue weighted by Crippen LogP contribution is -2.28. The molecule has 2 heterocycles. The van der Waals surface area contributed by atoms with E-state index in [2.05, 4.69) is 10.3 Å². The van der Waals surface area contributed by atoms with E-state index in [1.807, 2.05) is 0 Å². The number of rotatable bonds is 10. The fourth-order valence-electron chi connectivity index (χ4n) is 4.35. The number of aryl methyl sites for hydroxylation is 1. The maximum Gasteiger partial charge on any atom is 0.341 e. The van der Waals surface area contributed by atoms with Gasteiger partial charge in [0.15, 0.2) is 14.6 Å². The van der Waals surface area contributed by atoms with Gasteiger partial charge in [0.1, 0.15) is 16.5 Å². The molecule has 0 spiro atoms. The summed E-state index contributed by atoms with van der Waals surface area (Å²) >= 11 is 2.32. The first-order valence-corrected chi connectivity index (χ1v) is 15.5. The molecule has 0 saturated heterocycles. The van der Waals surface area contributed by atoms with Crippen molar-refractivity contribution in [2.24, 2.45) is 4.99 Å². The number of hydrogen-bond donors (Lipinski definition) is 1. The second-order valence-electron chi connectivity index (χ2n) is 8.84. The molecule has 0 aliphatic heterocycles. The number of benzene rings is 1. The van der Waals surface area contributed by atoms with Crippen LogP contribution in [-0.2, 0) is 53.0 Å². The zero-order chi connectivity index (χ0) is 29.0. The molecule has 1 N–H and O–H groups in total. The van der Waals surface area contributed by atoms with Crippen LogP contribution < -0.4 is 10.1 Å². The van der Waals surface area contributed by atoms with E-state index in [0.29, 0.717) is 35.4 Å². The first-order chi connectivity index (χ1) is 19.1. The number of carbonyl (C=O) groups excluding carboxylic acids is 4. The number of nitrogens with zero attached hydrogens (tertiary/aromatic N) is 2. The number of methoxy groups -OCH3 is 3. The number of esters is 2. The maximum atomic E-state index is 12.7. The second kappa shape index (κ2) is 12.4. The van der Waals surface area contributed by atoms with Crippen molar-refractivity contribution < 1.29 is 41.8 Å². The molecular formula is C25H27N3O9S3. The highest BCUT2D eigenvalue weighted by Crippen LogP contribution is 2.39. The maximum absolute atomic E-state index is 12.7. The summed E-state index contributed by atoms with van der Waals surface area (Å²) in [6.07, 6.45) is 2.32. The highest BCUT2D eigenvalue weighted by Gasteiger charge is 2.29. The number of thiophene rings is 1. The Bertz CT molecular complexity index is 1670. The summed E-state index contributed by atoms with van der Waals surface area (Å²) < 4.78 is 42.5. The monoisotopic (exact) mass is 609 g/mol. The summed E-state index contributed by atoms with van der Waals surface area (Å²) in [5, 5.41) is 2.75. The van der Waals surface area contributed by atoms with E-state index in [0.717, 1.165) is 34.6 Å². The Morgan fingerprint density at radius 2 is 1.77 bits per heavy atom. The number of aromatic nitrogens is 1. The van der Waals surface area contributed by atoms with Gasteiger partial charge in [-0.15, -0.1) is 11.3 Å². The van der Waals surface area contributed by atoms with Gasteiger partial charge < -0.3 is 24.1 Å². The minimum Gasteiger partial charge on any atom is -0.465 e. The SMILES string of the molecule is COCCn1c(=NC(=O)CS(=O)(=O)CC(=O)Nc2sc3c(c2C(=O)OC)CCC3)sc2cc(C(=O)OC)ccc21. The van der Waals surface area contributed by atoms with Crippen molar-refractivity contribution in [2.75, 3.05) is 44.8 Å². The van der Waals surface area contributed by atoms with Crippen molar-refractivity contribution in [3.8, 4) is 0 Å². The normalized spacial score (nSPS) is 13.3. The molecular weight excluding hydrogens is 582 g/mol. The molecule has 1 aromatic carbocycles. The van der Waals surface area contributed by atoms with Crippen LogP contribution >= 0.6 is 22.7 Å². The van der Waals surface area contributed by atoms with Gasteiger partial charge in [0.25, 0.3) is 5.91 Å². The minimum absolute atomic E-state index is 0.217. The molecule has 12 nitrogen and oxygen atoms in total. The summed E-state index contributed by atoms with van der Waals surface area (Å²) in [6.45, 7) is 0.618. The van der Waals surface area contributed by atoms with Crippen LogP contribution in [-0.4, -0.2) is 76.2 Å². The van der Waals surface area contributed by atoms with E-state index < -0.39 is 45.1 Å². The standard InChI is InChI=1S/C25H27N3O9S3/c1-35-10-9-28-16-8-7-14(23(31)36-2)11-18(16)39-25(28)27-20(30)13-40(33,34)12-19(29)26-22-21(24(32)37-3)15-5-4-6-17(15)38-22/h7-8,11H,4-6,9-10,12-13H2,1-3H3,(H,26,29). The van der Waals surface area contributed by atoms with Gasteiger partial charge >= 0.3 is 11.9 Å². The molecule has 2 aromatic heterocycles. The van der Waals surface area contributed by atoms with Crippen molar-refractivity contribution in [1.29, 1.82) is 0 Å². The van der Waals surface area contributed by atoms with Gasteiger partial charge in [0.2, 0.25) is 5.91 Å². The molecule has 3 aromatic rings. The molecule has 1 aliphatic carbocycles. The fourth-order valence-corrected chi connectivity index (χ4v) is 7.77. The molecule has 0 unspecified atom stereocenters. The lowest BCUT2D eigenvalue weighted by atomic mass is 10.1. The first kappa shape index (κ1) is 29.6. The minimum atomic E-state index is -4.19. The predicted octanol–water partition coefficient (Wildman–Crippen LogP) is 1.95. The van der Waals surface area contributed by atoms with Crippen LogP contribution in [0.5, 0.6) is 0 Å². The summed E-state index contributed by atoms with van der Waals surface area (Å²) in [5.41, 5.74) is 2.05. The highest BCUT2D eigenvalue weighted by atomic mass is 32.2. The number of amides is 2. The highest BCUT2D eigenvalue weighted by molar-refractivity contribution is 7.92. The number of anilines is 1. The zero-order valence-electron chi connectivity index (χ0n) is 22.0. The van der Waals surface area contributed by atoms with E-state index in [9.17, 15) is 27.6 Å². The number of thiazole rings is 1. The summed E-state index contributed by atoms with van der Waals surface area (Å²) in [7, 11) is -0.172. The van der Waals surface area contributed by atoms with Crippen LogP contribution in [0.15, 0.2) is 23.2 Å². The Hall–Kier alpha value is -3.40. The van der Waals surface area contributed by atoms with E-state index >= 15 is 0 Å². The summed E-state index contributed by atoms with van der Waals surface area (Å²) in [4.78, 5) is 54.7. The Morgan fingerprint density at radius 1 is 1.02 bits per heavy atom.